The van der Waals surface area contributed by atoms with E-state index >= 15 is 0 Å². The smallest absolute Gasteiger partial charge is 0.231 e. The highest BCUT2D eigenvalue weighted by molar-refractivity contribution is 7.17. The van der Waals surface area contributed by atoms with Gasteiger partial charge in [-0.2, -0.15) is 0 Å². The highest BCUT2D eigenvalue weighted by atomic mass is 32.1. The molecule has 0 atom stereocenters. The van der Waals surface area contributed by atoms with Gasteiger partial charge in [0.25, 0.3) is 0 Å². The van der Waals surface area contributed by atoms with Crippen molar-refractivity contribution in [1.29, 1.82) is 0 Å². The Morgan fingerprint density at radius 3 is 2.90 bits per heavy atom. The van der Waals surface area contributed by atoms with Crippen molar-refractivity contribution in [3.8, 4) is 22.9 Å². The topological polar surface area (TPSA) is 44.2 Å². The minimum Gasteiger partial charge on any atom is -0.454 e. The zero-order chi connectivity index (χ0) is 14.4. The minimum absolute atomic E-state index is 0.280. The third-order valence-electron chi connectivity index (χ3n) is 3.63. The summed E-state index contributed by atoms with van der Waals surface area (Å²) in [6.07, 6.45) is 0.899. The van der Waals surface area contributed by atoms with Gasteiger partial charge in [-0.05, 0) is 42.5 Å². The number of hydrogen-bond acceptors (Lipinski definition) is 5. The summed E-state index contributed by atoms with van der Waals surface area (Å²) in [7, 11) is 0. The Kier molecular flexibility index (Phi) is 2.82. The first-order valence-corrected chi connectivity index (χ1v) is 7.79. The number of ether oxygens (including phenoxy) is 2. The van der Waals surface area contributed by atoms with Gasteiger partial charge in [-0.15, -0.1) is 11.3 Å². The summed E-state index contributed by atoms with van der Waals surface area (Å²) < 4.78 is 12.0. The van der Waals surface area contributed by atoms with Gasteiger partial charge in [0, 0.05) is 5.56 Å². The third kappa shape index (κ3) is 1.96. The van der Waals surface area contributed by atoms with Crippen molar-refractivity contribution in [3.63, 3.8) is 0 Å². The maximum Gasteiger partial charge on any atom is 0.231 e. The van der Waals surface area contributed by atoms with Gasteiger partial charge in [0.15, 0.2) is 17.3 Å². The normalized spacial score (nSPS) is 13.0. The second-order valence-electron chi connectivity index (χ2n) is 5.01. The van der Waals surface area contributed by atoms with E-state index in [1.165, 1.54) is 10.3 Å². The number of aromatic nitrogens is 2. The van der Waals surface area contributed by atoms with Crippen LogP contribution >= 0.6 is 11.3 Å². The van der Waals surface area contributed by atoms with Gasteiger partial charge >= 0.3 is 0 Å². The molecule has 1 aliphatic rings. The van der Waals surface area contributed by atoms with Crippen molar-refractivity contribution >= 4 is 21.6 Å². The Bertz CT molecular complexity index is 842. The molecule has 21 heavy (non-hydrogen) atoms. The number of fused-ring (bicyclic) bond motifs is 2. The predicted octanol–water partition coefficient (Wildman–Crippen LogP) is 3.96. The molecule has 106 valence electrons. The Balaban J connectivity index is 1.91. The van der Waals surface area contributed by atoms with Crippen LogP contribution in [0.15, 0.2) is 23.6 Å². The van der Waals surface area contributed by atoms with Gasteiger partial charge in [-0.3, -0.25) is 0 Å². The van der Waals surface area contributed by atoms with E-state index in [1.54, 1.807) is 11.3 Å². The maximum atomic E-state index is 5.44. The quantitative estimate of drug-likeness (QED) is 0.718. The first-order chi connectivity index (χ1) is 10.3. The highest BCUT2D eigenvalue weighted by Gasteiger charge is 2.16. The lowest BCUT2D eigenvalue weighted by atomic mass is 10.1. The monoisotopic (exact) mass is 298 g/mol. The number of benzene rings is 1. The summed E-state index contributed by atoms with van der Waals surface area (Å²) in [6, 6.07) is 5.85. The molecule has 3 heterocycles. The molecular formula is C16H14N2O2S. The molecule has 0 N–H and O–H groups in total. The largest absolute Gasteiger partial charge is 0.454 e. The zero-order valence-electron chi connectivity index (χ0n) is 11.8. The molecule has 4 nitrogen and oxygen atoms in total. The molecule has 0 radical (unpaired) electrons. The molecule has 0 saturated heterocycles. The highest BCUT2D eigenvalue weighted by Crippen LogP contribution is 2.36. The molecule has 5 heteroatoms. The van der Waals surface area contributed by atoms with Crippen LogP contribution in [0.5, 0.6) is 11.5 Å². The Labute approximate surface area is 126 Å². The van der Waals surface area contributed by atoms with Crippen LogP contribution in [0.25, 0.3) is 21.6 Å². The van der Waals surface area contributed by atoms with Gasteiger partial charge in [-0.1, -0.05) is 6.92 Å². The lowest BCUT2D eigenvalue weighted by Gasteiger charge is -2.06. The van der Waals surface area contributed by atoms with Crippen LogP contribution in [0.1, 0.15) is 18.2 Å². The van der Waals surface area contributed by atoms with Gasteiger partial charge in [0.05, 0.1) is 15.9 Å². The van der Waals surface area contributed by atoms with E-state index in [0.29, 0.717) is 0 Å². The van der Waals surface area contributed by atoms with E-state index in [2.05, 4.69) is 19.2 Å². The molecule has 0 fully saturated rings. The Morgan fingerprint density at radius 1 is 1.19 bits per heavy atom. The molecule has 0 amide bonds. The van der Waals surface area contributed by atoms with E-state index in [9.17, 15) is 0 Å². The number of hydrogen-bond donors (Lipinski definition) is 0. The molecule has 3 aromatic rings. The third-order valence-corrected chi connectivity index (χ3v) is 4.76. The second kappa shape index (κ2) is 4.70. The maximum absolute atomic E-state index is 5.44. The van der Waals surface area contributed by atoms with Crippen molar-refractivity contribution in [3.05, 3.63) is 34.8 Å². The summed E-state index contributed by atoms with van der Waals surface area (Å²) in [6.45, 7) is 4.50. The first-order valence-electron chi connectivity index (χ1n) is 6.91. The summed E-state index contributed by atoms with van der Waals surface area (Å²) in [4.78, 5) is 9.47. The van der Waals surface area contributed by atoms with Crippen molar-refractivity contribution < 1.29 is 9.47 Å². The first kappa shape index (κ1) is 12.6. The molecule has 4 rings (SSSR count). The fraction of sp³-hybridized carbons (Fsp3) is 0.250. The Hall–Kier alpha value is -2.14. The predicted molar refractivity (Wildman–Crippen MR) is 83.1 cm³/mol. The second-order valence-corrected chi connectivity index (χ2v) is 5.89. The van der Waals surface area contributed by atoms with E-state index in [1.807, 2.05) is 18.2 Å². The summed E-state index contributed by atoms with van der Waals surface area (Å²) >= 11 is 1.72. The van der Waals surface area contributed by atoms with E-state index < -0.39 is 0 Å². The molecule has 0 bridgehead atoms. The van der Waals surface area contributed by atoms with Gasteiger partial charge < -0.3 is 9.47 Å². The van der Waals surface area contributed by atoms with Gasteiger partial charge in [0.1, 0.15) is 0 Å². The molecule has 0 spiro atoms. The summed E-state index contributed by atoms with van der Waals surface area (Å²) in [5, 5.41) is 2.14. The van der Waals surface area contributed by atoms with Gasteiger partial charge in [-0.25, -0.2) is 9.97 Å². The van der Waals surface area contributed by atoms with Crippen molar-refractivity contribution in [2.75, 3.05) is 6.79 Å². The molecule has 1 aromatic carbocycles. The molecular weight excluding hydrogens is 284 g/mol. The molecule has 2 aromatic heterocycles. The lowest BCUT2D eigenvalue weighted by Crippen LogP contribution is -1.96. The number of rotatable bonds is 2. The Morgan fingerprint density at radius 2 is 2.05 bits per heavy atom. The lowest BCUT2D eigenvalue weighted by molar-refractivity contribution is 0.174. The number of nitrogens with zero attached hydrogens (tertiary/aromatic N) is 2. The van der Waals surface area contributed by atoms with Crippen LogP contribution in [-0.4, -0.2) is 16.8 Å². The van der Waals surface area contributed by atoms with Crippen molar-refractivity contribution in [2.24, 2.45) is 0 Å². The van der Waals surface area contributed by atoms with Crippen LogP contribution in [0.4, 0.5) is 0 Å². The number of aryl methyl sites for hydroxylation is 2. The SMILES string of the molecule is CCc1nc(-c2ccc3c(c2)OCO3)nc2c(C)csc12. The van der Waals surface area contributed by atoms with Crippen LogP contribution < -0.4 is 9.47 Å². The van der Waals surface area contributed by atoms with E-state index in [4.69, 9.17) is 19.4 Å². The zero-order valence-corrected chi connectivity index (χ0v) is 12.7. The van der Waals surface area contributed by atoms with Crippen LogP contribution in [0.2, 0.25) is 0 Å². The fourth-order valence-corrected chi connectivity index (χ4v) is 3.55. The minimum atomic E-state index is 0.280. The van der Waals surface area contributed by atoms with Gasteiger partial charge in [0.2, 0.25) is 6.79 Å². The standard InChI is InChI=1S/C16H14N2O2S/c1-3-11-15-14(9(2)7-21-15)18-16(17-11)10-4-5-12-13(6-10)20-8-19-12/h4-7H,3,8H2,1-2H3. The molecule has 1 aliphatic heterocycles. The molecule has 0 aliphatic carbocycles. The van der Waals surface area contributed by atoms with Crippen molar-refractivity contribution in [1.82, 2.24) is 9.97 Å². The summed E-state index contributed by atoms with van der Waals surface area (Å²) in [5.74, 6) is 2.29. The fourth-order valence-electron chi connectivity index (χ4n) is 2.50. The molecule has 0 unspecified atom stereocenters. The van der Waals surface area contributed by atoms with Crippen LogP contribution in [0.3, 0.4) is 0 Å². The number of thiophene rings is 1. The van der Waals surface area contributed by atoms with Crippen LogP contribution in [0, 0.1) is 6.92 Å². The van der Waals surface area contributed by atoms with Crippen molar-refractivity contribution in [2.45, 2.75) is 20.3 Å². The van der Waals surface area contributed by atoms with Crippen LogP contribution in [-0.2, 0) is 6.42 Å². The average molecular weight is 298 g/mol. The summed E-state index contributed by atoms with van der Waals surface area (Å²) in [5.41, 5.74) is 4.32. The average Bonchev–Trinajstić information content (AvgIpc) is 3.12. The molecule has 0 saturated carbocycles. The van der Waals surface area contributed by atoms with E-state index in [-0.39, 0.29) is 6.79 Å². The van der Waals surface area contributed by atoms with E-state index in [0.717, 1.165) is 40.5 Å².